The topological polar surface area (TPSA) is 234 Å². The molecule has 0 saturated heterocycles. The molecule has 14 nitrogen and oxygen atoms in total. The van der Waals surface area contributed by atoms with Crippen LogP contribution in [0.3, 0.4) is 0 Å². The number of methoxy groups -OCH3 is 1. The zero-order valence-electron chi connectivity index (χ0n) is 29.6. The molecule has 0 aliphatic carbocycles. The Morgan fingerprint density at radius 2 is 1.18 bits per heavy atom. The zero-order chi connectivity index (χ0) is 37.2. The van der Waals surface area contributed by atoms with E-state index in [0.29, 0.717) is 61.9 Å². The fourth-order valence-corrected chi connectivity index (χ4v) is 6.52. The van der Waals surface area contributed by atoms with E-state index in [9.17, 15) is 25.2 Å². The Morgan fingerprint density at radius 3 is 1.61 bits per heavy atom. The number of benzene rings is 2. The number of nitrogens with zero attached hydrogens (tertiary/aromatic N) is 8. The molecule has 0 amide bonds. The van der Waals surface area contributed by atoms with Crippen LogP contribution < -0.4 is 18.9 Å². The van der Waals surface area contributed by atoms with Crippen LogP contribution in [0.15, 0.2) is 97.8 Å². The number of carbonyl (C=O) groups is 2. The predicted octanol–water partition coefficient (Wildman–Crippen LogP) is 3.80. The van der Waals surface area contributed by atoms with Crippen LogP contribution in [0.25, 0.3) is 43.9 Å². The first-order chi connectivity index (χ1) is 25.7. The number of aromatic nitrogens is 6. The number of hydrogen-bond donors (Lipinski definition) is 1. The molecule has 0 aliphatic rings. The van der Waals surface area contributed by atoms with Gasteiger partial charge in [0.2, 0.25) is 0 Å². The second kappa shape index (κ2) is 17.9. The van der Waals surface area contributed by atoms with E-state index in [4.69, 9.17) is 27.9 Å². The number of nitriles is 2. The van der Waals surface area contributed by atoms with Gasteiger partial charge in [-0.15, -0.1) is 0 Å². The van der Waals surface area contributed by atoms with Crippen LogP contribution in [0.5, 0.6) is 0 Å². The number of fused-ring (bicyclic) bond motifs is 4. The van der Waals surface area contributed by atoms with Gasteiger partial charge in [-0.05, 0) is 59.7 Å². The van der Waals surface area contributed by atoms with Gasteiger partial charge in [-0.25, -0.2) is 19.6 Å². The van der Waals surface area contributed by atoms with Gasteiger partial charge in [-0.1, -0.05) is 35.3 Å². The third-order valence-electron chi connectivity index (χ3n) is 8.52. The average Bonchev–Trinajstić information content (AvgIpc) is 3.73. The minimum absolute atomic E-state index is 0. The Labute approximate surface area is 339 Å². The molecule has 0 atom stereocenters. The molecule has 4 N–H and O–H groups in total. The third kappa shape index (κ3) is 8.32. The zero-order valence-corrected chi connectivity index (χ0v) is 31.1. The van der Waals surface area contributed by atoms with E-state index in [2.05, 4.69) is 26.0 Å². The Kier molecular flexibility index (Phi) is 13.5. The number of hydrogen-bond acceptors (Lipinski definition) is 10. The molecule has 0 unspecified atom stereocenters. The Balaban J connectivity index is 0.000000236. The molecule has 6 aromatic heterocycles. The third-order valence-corrected chi connectivity index (χ3v) is 8.94. The van der Waals surface area contributed by atoms with Gasteiger partial charge in [0.1, 0.15) is 11.3 Å². The molecule has 0 radical (unpaired) electrons. The van der Waals surface area contributed by atoms with Gasteiger partial charge in [0, 0.05) is 61.0 Å². The van der Waals surface area contributed by atoms with Crippen LogP contribution in [-0.4, -0.2) is 64.2 Å². The monoisotopic (exact) mass is 780 g/mol. The van der Waals surface area contributed by atoms with E-state index in [1.165, 1.54) is 25.6 Å². The van der Waals surface area contributed by atoms with Crippen LogP contribution in [-0.2, 0) is 17.8 Å². The van der Waals surface area contributed by atoms with E-state index >= 15 is 0 Å². The summed E-state index contributed by atoms with van der Waals surface area (Å²) in [6, 6.07) is 22.6. The molecule has 0 spiro atoms. The minimum Gasteiger partial charge on any atom is -0.870 e. The summed E-state index contributed by atoms with van der Waals surface area (Å²) in [5.74, 6) is -1.59. The normalized spacial score (nSPS) is 10.3. The molecule has 2 aromatic carbocycles. The first-order valence-electron chi connectivity index (χ1n) is 15.8. The van der Waals surface area contributed by atoms with Gasteiger partial charge in [0.15, 0.2) is 0 Å². The Morgan fingerprint density at radius 1 is 0.732 bits per heavy atom. The first kappa shape index (κ1) is 42.4. The van der Waals surface area contributed by atoms with Crippen molar-refractivity contribution in [3.63, 3.8) is 0 Å². The van der Waals surface area contributed by atoms with Crippen molar-refractivity contribution in [2.75, 3.05) is 7.11 Å². The molecular formula is C39H27Cl2LiN8O6. The van der Waals surface area contributed by atoms with Crippen LogP contribution in [0, 0.1) is 22.7 Å². The summed E-state index contributed by atoms with van der Waals surface area (Å²) in [7, 11) is 1.31. The smallest absolute Gasteiger partial charge is 0.870 e. The quantitative estimate of drug-likeness (QED) is 0.188. The second-order valence-electron chi connectivity index (χ2n) is 11.8. The van der Waals surface area contributed by atoms with Crippen molar-refractivity contribution in [3.05, 3.63) is 141 Å². The van der Waals surface area contributed by atoms with Gasteiger partial charge in [-0.2, -0.15) is 10.5 Å². The van der Waals surface area contributed by atoms with E-state index in [0.717, 1.165) is 32.9 Å². The maximum atomic E-state index is 12.2. The van der Waals surface area contributed by atoms with E-state index in [-0.39, 0.29) is 35.4 Å². The molecule has 0 bridgehead atoms. The fraction of sp³-hybridized carbons (Fsp3) is 0.0769. The summed E-state index contributed by atoms with van der Waals surface area (Å²) >= 11 is 12.0. The number of pyridine rings is 4. The van der Waals surface area contributed by atoms with Gasteiger partial charge >= 0.3 is 30.8 Å². The maximum Gasteiger partial charge on any atom is 1.00 e. The molecule has 6 heterocycles. The molecule has 0 aliphatic heterocycles. The summed E-state index contributed by atoms with van der Waals surface area (Å²) in [4.78, 5) is 41.0. The number of carbonyl (C=O) groups excluding carboxylic acids is 1. The number of carboxylic acids is 1. The van der Waals surface area contributed by atoms with Gasteiger partial charge < -0.3 is 29.9 Å². The number of esters is 1. The average molecular weight is 782 g/mol. The summed E-state index contributed by atoms with van der Waals surface area (Å²) < 4.78 is 8.44. The van der Waals surface area contributed by atoms with E-state index < -0.39 is 11.9 Å². The van der Waals surface area contributed by atoms with Crippen LogP contribution in [0.2, 0.25) is 10.0 Å². The van der Waals surface area contributed by atoms with Gasteiger partial charge in [-0.3, -0.25) is 9.97 Å². The summed E-state index contributed by atoms with van der Waals surface area (Å²) in [6.45, 7) is 0.881. The van der Waals surface area contributed by atoms with Crippen molar-refractivity contribution in [2.24, 2.45) is 0 Å². The van der Waals surface area contributed by atoms with Crippen molar-refractivity contribution < 1.29 is 49.2 Å². The van der Waals surface area contributed by atoms with Crippen LogP contribution >= 0.6 is 23.2 Å². The summed E-state index contributed by atoms with van der Waals surface area (Å²) in [5, 5.41) is 32.0. The summed E-state index contributed by atoms with van der Waals surface area (Å²) in [5.41, 5.74) is 5.69. The van der Waals surface area contributed by atoms with E-state index in [1.807, 2.05) is 59.2 Å². The summed E-state index contributed by atoms with van der Waals surface area (Å²) in [6.07, 6.45) is 9.45. The van der Waals surface area contributed by atoms with Crippen molar-refractivity contribution in [1.82, 2.24) is 29.1 Å². The number of carboxylic acid groups (broad SMARTS) is 1. The fourth-order valence-electron chi connectivity index (χ4n) is 6.18. The standard InChI is InChI=1S/C20H13ClN4O2.C19H11ClN4O2.Li.2H2O/c1-27-20(26)16-11-25(19-18(16)13(8-22)4-5-23-19)10-12-2-3-17-14(6-12)7-15(21)9-24-17;20-14-6-13-5-11(1-2-16(13)23-8-14)9-24-10-15(19(25)26)17-12(7-21)3-4-22-18(17)24;;;/h2-7,9,11H,10H2,1H3;1-6,8,10H,9H2,(H,25,26);;2*1H2/q;;+1;;/p-1. The van der Waals surface area contributed by atoms with Crippen molar-refractivity contribution in [3.8, 4) is 12.1 Å². The SMILES string of the molecule is COC(=O)c1cn(Cc2ccc3ncc(Cl)cc3c2)c2nccc(C#N)c12.N#Cc1ccnc2c1c(C(=O)O)cn2Cc1ccc2ncc(Cl)cc2c1.O.[Li+].[OH-]. The van der Waals surface area contributed by atoms with E-state index in [1.54, 1.807) is 35.4 Å². The minimum atomic E-state index is -1.09. The molecule has 17 heteroatoms. The first-order valence-corrected chi connectivity index (χ1v) is 16.6. The van der Waals surface area contributed by atoms with Crippen molar-refractivity contribution >= 4 is 79.0 Å². The van der Waals surface area contributed by atoms with Crippen LogP contribution in [0.4, 0.5) is 0 Å². The molecular weight excluding hydrogens is 754 g/mol. The van der Waals surface area contributed by atoms with Crippen molar-refractivity contribution in [2.45, 2.75) is 13.1 Å². The maximum absolute atomic E-state index is 12.2. The predicted molar refractivity (Wildman–Crippen MR) is 204 cm³/mol. The van der Waals surface area contributed by atoms with Gasteiger partial charge in [0.05, 0.1) is 73.4 Å². The Bertz CT molecular complexity index is 2870. The number of ether oxygens (including phenoxy) is 1. The number of aromatic carboxylic acids is 1. The molecule has 0 fully saturated rings. The largest absolute Gasteiger partial charge is 1.00 e. The number of halogens is 2. The molecule has 8 aromatic rings. The molecule has 56 heavy (non-hydrogen) atoms. The number of rotatable bonds is 6. The molecule has 274 valence electrons. The molecule has 8 rings (SSSR count). The Hall–Kier alpha value is -6.34. The molecule has 0 saturated carbocycles. The van der Waals surface area contributed by atoms with Crippen LogP contribution in [0.1, 0.15) is 43.0 Å². The second-order valence-corrected chi connectivity index (χ2v) is 12.7. The van der Waals surface area contributed by atoms with Gasteiger partial charge in [0.25, 0.3) is 0 Å². The van der Waals surface area contributed by atoms with Crippen molar-refractivity contribution in [1.29, 1.82) is 10.5 Å².